The lowest BCUT2D eigenvalue weighted by molar-refractivity contribution is -0.558. The van der Waals surface area contributed by atoms with Crippen LogP contribution in [0, 0.1) is 5.92 Å². The highest BCUT2D eigenvalue weighted by atomic mass is 19.4. The summed E-state index contributed by atoms with van der Waals surface area (Å²) in [5.41, 5.74) is -0.818. The molecular weight excluding hydrogens is 337 g/mol. The maximum atomic E-state index is 12.8. The minimum Gasteiger partial charge on any atom is -0.353 e. The Morgan fingerprint density at radius 2 is 1.80 bits per heavy atom. The molecule has 2 bridgehead atoms. The van der Waals surface area contributed by atoms with Crippen molar-refractivity contribution in [2.24, 2.45) is 5.92 Å². The molecule has 138 valence electrons. The summed E-state index contributed by atoms with van der Waals surface area (Å²) in [7, 11) is 1.57. The number of alkyl halides is 3. The molecule has 1 saturated carbocycles. The van der Waals surface area contributed by atoms with E-state index in [0.29, 0.717) is 12.0 Å². The first-order valence-electron chi connectivity index (χ1n) is 8.65. The first kappa shape index (κ1) is 17.3. The number of fused-ring (bicyclic) bond motifs is 3. The van der Waals surface area contributed by atoms with E-state index < -0.39 is 29.4 Å². The van der Waals surface area contributed by atoms with Gasteiger partial charge in [0.15, 0.2) is 11.9 Å². The number of hydrogen-bond acceptors (Lipinski definition) is 4. The van der Waals surface area contributed by atoms with Gasteiger partial charge in [-0.2, -0.15) is 18.1 Å². The molecule has 0 radical (unpaired) electrons. The van der Waals surface area contributed by atoms with Crippen LogP contribution in [0.4, 0.5) is 13.2 Å². The fraction of sp³-hybridized carbons (Fsp3) is 0.667. The summed E-state index contributed by atoms with van der Waals surface area (Å²) in [4.78, 5) is 11.6. The van der Waals surface area contributed by atoms with Gasteiger partial charge in [-0.3, -0.25) is 0 Å². The highest BCUT2D eigenvalue weighted by molar-refractivity contribution is 5.28. The van der Waals surface area contributed by atoms with Crippen LogP contribution < -0.4 is 0 Å². The molecule has 3 saturated heterocycles. The van der Waals surface area contributed by atoms with Gasteiger partial charge in [0, 0.05) is 19.1 Å². The Hall–Kier alpha value is -1.15. The summed E-state index contributed by atoms with van der Waals surface area (Å²) >= 11 is 0. The number of hydrogen-bond donors (Lipinski definition) is 0. The average molecular weight is 358 g/mol. The topological polar surface area (TPSA) is 36.9 Å². The molecule has 25 heavy (non-hydrogen) atoms. The van der Waals surface area contributed by atoms with E-state index >= 15 is 0 Å². The highest BCUT2D eigenvalue weighted by Crippen LogP contribution is 2.55. The minimum atomic E-state index is -4.38. The van der Waals surface area contributed by atoms with Crippen molar-refractivity contribution in [1.29, 1.82) is 0 Å². The van der Waals surface area contributed by atoms with Gasteiger partial charge in [-0.15, -0.1) is 0 Å². The molecule has 4 nitrogen and oxygen atoms in total. The van der Waals surface area contributed by atoms with Crippen LogP contribution in [0.5, 0.6) is 0 Å². The standard InChI is InChI=1S/C18H21F3O4/c1-22-15-16-10-3-2-4-12(16)9-11-17(23-15,25-24-16)13-5-7-14(8-6-13)18(19,20)21/h5-8,12,15H,2-4,9-11H2,1H3/t12-,15+,16?,17-/m1/s1. The second kappa shape index (κ2) is 5.94. The van der Waals surface area contributed by atoms with Gasteiger partial charge in [0.25, 0.3) is 0 Å². The summed E-state index contributed by atoms with van der Waals surface area (Å²) < 4.78 is 50.2. The number of rotatable bonds is 2. The Kier molecular flexibility index (Phi) is 4.11. The lowest BCUT2D eigenvalue weighted by atomic mass is 9.73. The molecule has 1 unspecified atom stereocenters. The van der Waals surface area contributed by atoms with E-state index in [-0.39, 0.29) is 5.92 Å². The first-order valence-corrected chi connectivity index (χ1v) is 8.65. The Bertz CT molecular complexity index is 628. The summed E-state index contributed by atoms with van der Waals surface area (Å²) in [6.07, 6.45) is 0.297. The molecule has 1 aliphatic carbocycles. The van der Waals surface area contributed by atoms with Crippen LogP contribution in [-0.2, 0) is 31.2 Å². The summed E-state index contributed by atoms with van der Waals surface area (Å²) in [5.74, 6) is -0.974. The molecule has 4 atom stereocenters. The predicted molar refractivity (Wildman–Crippen MR) is 81.1 cm³/mol. The van der Waals surface area contributed by atoms with E-state index in [0.717, 1.165) is 44.2 Å². The third-order valence-corrected chi connectivity index (χ3v) is 5.78. The average Bonchev–Trinajstić information content (AvgIpc) is 2.87. The van der Waals surface area contributed by atoms with E-state index in [1.807, 2.05) is 0 Å². The fourth-order valence-corrected chi connectivity index (χ4v) is 4.41. The Morgan fingerprint density at radius 1 is 1.04 bits per heavy atom. The van der Waals surface area contributed by atoms with Crippen LogP contribution in [0.25, 0.3) is 0 Å². The normalized spacial score (nSPS) is 38.2. The van der Waals surface area contributed by atoms with Crippen LogP contribution >= 0.6 is 0 Å². The van der Waals surface area contributed by atoms with E-state index in [4.69, 9.17) is 19.2 Å². The number of ether oxygens (including phenoxy) is 2. The van der Waals surface area contributed by atoms with Crippen LogP contribution in [0.15, 0.2) is 24.3 Å². The Labute approximate surface area is 144 Å². The molecule has 1 aromatic carbocycles. The molecule has 5 rings (SSSR count). The van der Waals surface area contributed by atoms with Crippen molar-refractivity contribution in [3.8, 4) is 0 Å². The van der Waals surface area contributed by atoms with Crippen LogP contribution in [0.1, 0.15) is 49.7 Å². The Morgan fingerprint density at radius 3 is 2.48 bits per heavy atom. The number of benzene rings is 1. The molecule has 7 heteroatoms. The third kappa shape index (κ3) is 2.68. The quantitative estimate of drug-likeness (QED) is 0.728. The van der Waals surface area contributed by atoms with Gasteiger partial charge in [-0.1, -0.05) is 25.0 Å². The number of halogens is 3. The van der Waals surface area contributed by atoms with Crippen LogP contribution in [0.2, 0.25) is 0 Å². The van der Waals surface area contributed by atoms with Gasteiger partial charge in [-0.05, 0) is 37.3 Å². The van der Waals surface area contributed by atoms with Crippen molar-refractivity contribution >= 4 is 0 Å². The van der Waals surface area contributed by atoms with Crippen molar-refractivity contribution in [3.63, 3.8) is 0 Å². The lowest BCUT2D eigenvalue weighted by Gasteiger charge is -2.49. The minimum absolute atomic E-state index is 0.255. The summed E-state index contributed by atoms with van der Waals surface area (Å²) in [6.45, 7) is 0. The predicted octanol–water partition coefficient (Wildman–Crippen LogP) is 4.53. The molecule has 0 N–H and O–H groups in total. The van der Waals surface area contributed by atoms with Crippen molar-refractivity contribution < 1.29 is 32.4 Å². The second-order valence-corrected chi connectivity index (χ2v) is 7.12. The van der Waals surface area contributed by atoms with Crippen LogP contribution in [0.3, 0.4) is 0 Å². The van der Waals surface area contributed by atoms with Crippen molar-refractivity contribution in [1.82, 2.24) is 0 Å². The van der Waals surface area contributed by atoms with Gasteiger partial charge < -0.3 is 9.47 Å². The third-order valence-electron chi connectivity index (χ3n) is 5.78. The van der Waals surface area contributed by atoms with Gasteiger partial charge in [0.2, 0.25) is 5.79 Å². The maximum absolute atomic E-state index is 12.8. The van der Waals surface area contributed by atoms with E-state index in [1.54, 1.807) is 7.11 Å². The molecule has 3 heterocycles. The van der Waals surface area contributed by atoms with Gasteiger partial charge in [0.1, 0.15) is 0 Å². The summed E-state index contributed by atoms with van der Waals surface area (Å²) in [5, 5.41) is 0. The smallest absolute Gasteiger partial charge is 0.353 e. The monoisotopic (exact) mass is 358 g/mol. The van der Waals surface area contributed by atoms with Gasteiger partial charge >= 0.3 is 6.18 Å². The van der Waals surface area contributed by atoms with Crippen molar-refractivity contribution in [2.45, 2.75) is 62.4 Å². The molecule has 0 amide bonds. The zero-order valence-corrected chi connectivity index (χ0v) is 14.0. The molecule has 1 aromatic rings. The Balaban J connectivity index is 1.68. The summed E-state index contributed by atoms with van der Waals surface area (Å²) in [6, 6.07) is 4.87. The van der Waals surface area contributed by atoms with Gasteiger partial charge in [-0.25, -0.2) is 4.89 Å². The van der Waals surface area contributed by atoms with Crippen molar-refractivity contribution in [2.75, 3.05) is 7.11 Å². The lowest BCUT2D eigenvalue weighted by Crippen LogP contribution is -2.59. The SMILES string of the molecule is CO[C@H]1O[C@]2(c3ccc(C(F)(F)F)cc3)CC[C@H]3CCCCC31OO2. The fourth-order valence-electron chi connectivity index (χ4n) is 4.41. The van der Waals surface area contributed by atoms with Gasteiger partial charge in [0.05, 0.1) is 5.56 Å². The van der Waals surface area contributed by atoms with Crippen LogP contribution in [-0.4, -0.2) is 19.0 Å². The maximum Gasteiger partial charge on any atom is 0.416 e. The molecule has 4 fully saturated rings. The highest BCUT2D eigenvalue weighted by Gasteiger charge is 2.61. The zero-order chi connectivity index (χ0) is 17.7. The van der Waals surface area contributed by atoms with Crippen molar-refractivity contribution in [3.05, 3.63) is 35.4 Å². The largest absolute Gasteiger partial charge is 0.416 e. The molecule has 0 aromatic heterocycles. The first-order chi connectivity index (χ1) is 11.9. The van der Waals surface area contributed by atoms with E-state index in [9.17, 15) is 13.2 Å². The second-order valence-electron chi connectivity index (χ2n) is 7.12. The molecule has 4 aliphatic rings. The van der Waals surface area contributed by atoms with E-state index in [1.165, 1.54) is 12.1 Å². The zero-order valence-electron chi connectivity index (χ0n) is 14.0. The molecule has 1 spiro atoms. The molecule has 3 aliphatic heterocycles. The molecular formula is C18H21F3O4. The van der Waals surface area contributed by atoms with E-state index in [2.05, 4.69) is 0 Å². The number of methoxy groups -OCH3 is 1.